The molecule has 1 rings (SSSR count). The summed E-state index contributed by atoms with van der Waals surface area (Å²) in [6.07, 6.45) is 8.23. The topological polar surface area (TPSA) is 34.0 Å². The van der Waals surface area contributed by atoms with E-state index in [0.29, 0.717) is 5.69 Å². The van der Waals surface area contributed by atoms with Gasteiger partial charge in [-0.1, -0.05) is 12.8 Å². The maximum atomic E-state index is 12.1. The van der Waals surface area contributed by atoms with Crippen LogP contribution in [0.2, 0.25) is 0 Å². The minimum absolute atomic E-state index is 0.146. The molecule has 1 aromatic rings. The number of nitrogens with one attached hydrogen (secondary N) is 1. The van der Waals surface area contributed by atoms with E-state index in [9.17, 15) is 4.79 Å². The largest absolute Gasteiger partial charge is 0.342 e. The summed E-state index contributed by atoms with van der Waals surface area (Å²) >= 11 is 3.38. The fourth-order valence-corrected chi connectivity index (χ4v) is 1.94. The number of aromatic nitrogens is 1. The standard InChI is InChI=1S/C13H17BrN2O/c1-5-7-16-9-10(14)8-11(16)12(17)15-13(3,4)6-2/h2,8-9H,5,7H2,1,3-4H3,(H,15,17). The first-order valence-corrected chi connectivity index (χ1v) is 6.35. The van der Waals surface area contributed by atoms with Crippen LogP contribution in [0.25, 0.3) is 0 Å². The van der Waals surface area contributed by atoms with Gasteiger partial charge in [-0.15, -0.1) is 6.42 Å². The molecule has 4 heteroatoms. The number of amides is 1. The number of carbonyl (C=O) groups is 1. The summed E-state index contributed by atoms with van der Waals surface area (Å²) in [5, 5.41) is 2.82. The van der Waals surface area contributed by atoms with Crippen molar-refractivity contribution in [2.75, 3.05) is 0 Å². The van der Waals surface area contributed by atoms with Gasteiger partial charge in [0, 0.05) is 17.2 Å². The van der Waals surface area contributed by atoms with Gasteiger partial charge in [0.1, 0.15) is 5.69 Å². The molecule has 0 spiro atoms. The normalized spacial score (nSPS) is 11.0. The number of aryl methyl sites for hydroxylation is 1. The van der Waals surface area contributed by atoms with Crippen molar-refractivity contribution in [2.45, 2.75) is 39.3 Å². The van der Waals surface area contributed by atoms with Crippen LogP contribution >= 0.6 is 15.9 Å². The second kappa shape index (κ2) is 5.42. The molecule has 92 valence electrons. The summed E-state index contributed by atoms with van der Waals surface area (Å²) in [4.78, 5) is 12.1. The lowest BCUT2D eigenvalue weighted by molar-refractivity contribution is 0.0920. The predicted molar refractivity (Wildman–Crippen MR) is 72.8 cm³/mol. The maximum absolute atomic E-state index is 12.1. The molecule has 1 amide bonds. The zero-order valence-electron chi connectivity index (χ0n) is 10.4. The van der Waals surface area contributed by atoms with Crippen LogP contribution in [0.5, 0.6) is 0 Å². The summed E-state index contributed by atoms with van der Waals surface area (Å²) in [5.41, 5.74) is -0.00716. The Morgan fingerprint density at radius 3 is 2.82 bits per heavy atom. The third-order valence-electron chi connectivity index (χ3n) is 2.35. The van der Waals surface area contributed by atoms with Crippen molar-refractivity contribution in [3.63, 3.8) is 0 Å². The highest BCUT2D eigenvalue weighted by Gasteiger charge is 2.20. The van der Waals surface area contributed by atoms with Crippen molar-refractivity contribution in [3.8, 4) is 12.3 Å². The first-order valence-electron chi connectivity index (χ1n) is 5.55. The molecule has 0 radical (unpaired) electrons. The van der Waals surface area contributed by atoms with Crippen LogP contribution in [0, 0.1) is 12.3 Å². The number of hydrogen-bond donors (Lipinski definition) is 1. The first kappa shape index (κ1) is 13.9. The van der Waals surface area contributed by atoms with E-state index in [1.807, 2.05) is 10.8 Å². The summed E-state index contributed by atoms with van der Waals surface area (Å²) in [6.45, 7) is 6.48. The molecule has 1 heterocycles. The highest BCUT2D eigenvalue weighted by atomic mass is 79.9. The number of terminal acetylenes is 1. The van der Waals surface area contributed by atoms with Crippen molar-refractivity contribution >= 4 is 21.8 Å². The monoisotopic (exact) mass is 296 g/mol. The molecule has 0 aliphatic rings. The molecular weight excluding hydrogens is 280 g/mol. The fourth-order valence-electron chi connectivity index (χ4n) is 1.48. The van der Waals surface area contributed by atoms with Gasteiger partial charge in [0.15, 0.2) is 0 Å². The van der Waals surface area contributed by atoms with Crippen LogP contribution in [0.15, 0.2) is 16.7 Å². The van der Waals surface area contributed by atoms with E-state index in [1.165, 1.54) is 0 Å². The smallest absolute Gasteiger partial charge is 0.269 e. The van der Waals surface area contributed by atoms with E-state index in [4.69, 9.17) is 6.42 Å². The molecule has 0 unspecified atom stereocenters. The molecule has 0 atom stereocenters. The first-order chi connectivity index (χ1) is 7.89. The van der Waals surface area contributed by atoms with Crippen molar-refractivity contribution in [1.82, 2.24) is 9.88 Å². The molecule has 1 N–H and O–H groups in total. The van der Waals surface area contributed by atoms with Crippen LogP contribution in [0.4, 0.5) is 0 Å². The second-order valence-electron chi connectivity index (χ2n) is 4.46. The van der Waals surface area contributed by atoms with Crippen molar-refractivity contribution in [1.29, 1.82) is 0 Å². The third-order valence-corrected chi connectivity index (χ3v) is 2.78. The zero-order valence-corrected chi connectivity index (χ0v) is 12.0. The molecule has 0 bridgehead atoms. The van der Waals surface area contributed by atoms with E-state index in [-0.39, 0.29) is 5.91 Å². The Bertz CT molecular complexity index is 454. The highest BCUT2D eigenvalue weighted by Crippen LogP contribution is 2.16. The van der Waals surface area contributed by atoms with E-state index >= 15 is 0 Å². The third kappa shape index (κ3) is 3.64. The van der Waals surface area contributed by atoms with E-state index in [1.54, 1.807) is 19.9 Å². The Morgan fingerprint density at radius 2 is 2.29 bits per heavy atom. The Hall–Kier alpha value is -1.21. The predicted octanol–water partition coefficient (Wildman–Crippen LogP) is 2.80. The molecule has 0 saturated carbocycles. The second-order valence-corrected chi connectivity index (χ2v) is 5.38. The number of nitrogens with zero attached hydrogens (tertiary/aromatic N) is 1. The van der Waals surface area contributed by atoms with Crippen LogP contribution in [-0.2, 0) is 6.54 Å². The molecule has 3 nitrogen and oxygen atoms in total. The molecule has 17 heavy (non-hydrogen) atoms. The molecule has 1 aromatic heterocycles. The maximum Gasteiger partial charge on any atom is 0.269 e. The molecule has 0 saturated heterocycles. The lowest BCUT2D eigenvalue weighted by Gasteiger charge is -2.20. The van der Waals surface area contributed by atoms with E-state index in [2.05, 4.69) is 34.1 Å². The summed E-state index contributed by atoms with van der Waals surface area (Å²) < 4.78 is 2.82. The Balaban J connectivity index is 2.93. The van der Waals surface area contributed by atoms with Crippen molar-refractivity contribution in [3.05, 3.63) is 22.4 Å². The number of hydrogen-bond acceptors (Lipinski definition) is 1. The summed E-state index contributed by atoms with van der Waals surface area (Å²) in [5.74, 6) is 2.40. The summed E-state index contributed by atoms with van der Waals surface area (Å²) in [6, 6.07) is 1.80. The van der Waals surface area contributed by atoms with Gasteiger partial charge < -0.3 is 9.88 Å². The average molecular weight is 297 g/mol. The number of carbonyl (C=O) groups excluding carboxylic acids is 1. The molecule has 0 aromatic carbocycles. The fraction of sp³-hybridized carbons (Fsp3) is 0.462. The van der Waals surface area contributed by atoms with Gasteiger partial charge in [-0.2, -0.15) is 0 Å². The average Bonchev–Trinajstić information content (AvgIpc) is 2.60. The lowest BCUT2D eigenvalue weighted by Crippen LogP contribution is -2.42. The minimum atomic E-state index is -0.634. The minimum Gasteiger partial charge on any atom is -0.342 e. The van der Waals surface area contributed by atoms with Crippen LogP contribution in [0.1, 0.15) is 37.7 Å². The number of halogens is 1. The van der Waals surface area contributed by atoms with Gasteiger partial charge in [0.05, 0.1) is 5.54 Å². The molecule has 0 aliphatic heterocycles. The van der Waals surface area contributed by atoms with Gasteiger partial charge >= 0.3 is 0 Å². The molecule has 0 fully saturated rings. The molecule has 0 aliphatic carbocycles. The van der Waals surface area contributed by atoms with Crippen LogP contribution in [0.3, 0.4) is 0 Å². The van der Waals surface area contributed by atoms with E-state index in [0.717, 1.165) is 17.4 Å². The van der Waals surface area contributed by atoms with Gasteiger partial charge in [0.2, 0.25) is 0 Å². The quantitative estimate of drug-likeness (QED) is 0.852. The Kier molecular flexibility index (Phi) is 4.41. The van der Waals surface area contributed by atoms with Gasteiger partial charge in [-0.05, 0) is 42.3 Å². The van der Waals surface area contributed by atoms with Crippen LogP contribution < -0.4 is 5.32 Å². The zero-order chi connectivity index (χ0) is 13.1. The number of rotatable bonds is 4. The SMILES string of the molecule is C#CC(C)(C)NC(=O)c1cc(Br)cn1CCC. The Morgan fingerprint density at radius 1 is 1.65 bits per heavy atom. The van der Waals surface area contributed by atoms with Gasteiger partial charge in [-0.3, -0.25) is 4.79 Å². The lowest BCUT2D eigenvalue weighted by atomic mass is 10.1. The van der Waals surface area contributed by atoms with Crippen molar-refractivity contribution in [2.24, 2.45) is 0 Å². The Labute approximate surface area is 111 Å². The van der Waals surface area contributed by atoms with E-state index < -0.39 is 5.54 Å². The van der Waals surface area contributed by atoms with Crippen LogP contribution in [-0.4, -0.2) is 16.0 Å². The molecular formula is C13H17BrN2O. The summed E-state index contributed by atoms with van der Waals surface area (Å²) in [7, 11) is 0. The van der Waals surface area contributed by atoms with Gasteiger partial charge in [-0.25, -0.2) is 0 Å². The van der Waals surface area contributed by atoms with Gasteiger partial charge in [0.25, 0.3) is 5.91 Å². The van der Waals surface area contributed by atoms with Crippen molar-refractivity contribution < 1.29 is 4.79 Å². The highest BCUT2D eigenvalue weighted by molar-refractivity contribution is 9.10.